The molecule has 1 aliphatic heterocycles. The number of likely N-dealkylation sites (tertiary alicyclic amines) is 1. The predicted octanol–water partition coefficient (Wildman–Crippen LogP) is 3.77. The molecule has 0 saturated carbocycles. The van der Waals surface area contributed by atoms with Crippen LogP contribution in [0.5, 0.6) is 0 Å². The van der Waals surface area contributed by atoms with Crippen molar-refractivity contribution in [2.24, 2.45) is 0 Å². The smallest absolute Gasteiger partial charge is 0.0894 e. The molecule has 1 aliphatic rings. The predicted molar refractivity (Wildman–Crippen MR) is 80.6 cm³/mol. The Kier molecular flexibility index (Phi) is 6.02. The van der Waals surface area contributed by atoms with Gasteiger partial charge in [-0.1, -0.05) is 13.3 Å². The Bertz CT molecular complexity index is 347. The molecule has 0 radical (unpaired) electrons. The summed E-state index contributed by atoms with van der Waals surface area (Å²) in [6.07, 6.45) is 4.63. The highest BCUT2D eigenvalue weighted by atomic mass is 32.2. The van der Waals surface area contributed by atoms with Gasteiger partial charge in [-0.25, -0.2) is 0 Å². The van der Waals surface area contributed by atoms with E-state index in [1.165, 1.54) is 36.6 Å². The summed E-state index contributed by atoms with van der Waals surface area (Å²) in [5, 5.41) is 10.2. The maximum absolute atomic E-state index is 10.2. The van der Waals surface area contributed by atoms with Crippen LogP contribution in [-0.2, 0) is 0 Å². The van der Waals surface area contributed by atoms with Crippen molar-refractivity contribution in [3.05, 3.63) is 17.0 Å². The SMILES string of the molecule is CCSc1ccc(C(O)CCN2CCCCC2)s1. The van der Waals surface area contributed by atoms with E-state index >= 15 is 0 Å². The molecule has 1 aromatic heterocycles. The average molecular weight is 285 g/mol. The van der Waals surface area contributed by atoms with E-state index in [1.807, 2.05) is 11.8 Å². The van der Waals surface area contributed by atoms with Crippen LogP contribution >= 0.6 is 23.1 Å². The summed E-state index contributed by atoms with van der Waals surface area (Å²) in [5.41, 5.74) is 0. The van der Waals surface area contributed by atoms with Crippen LogP contribution < -0.4 is 0 Å². The van der Waals surface area contributed by atoms with Gasteiger partial charge in [-0.05, 0) is 50.2 Å². The lowest BCUT2D eigenvalue weighted by Crippen LogP contribution is -2.31. The van der Waals surface area contributed by atoms with E-state index in [1.54, 1.807) is 11.3 Å². The molecular formula is C14H23NOS2. The zero-order chi connectivity index (χ0) is 12.8. The van der Waals surface area contributed by atoms with Crippen molar-refractivity contribution in [3.63, 3.8) is 0 Å². The van der Waals surface area contributed by atoms with Crippen LogP contribution in [0.4, 0.5) is 0 Å². The molecule has 2 nitrogen and oxygen atoms in total. The van der Waals surface area contributed by atoms with E-state index in [4.69, 9.17) is 0 Å². The molecule has 18 heavy (non-hydrogen) atoms. The van der Waals surface area contributed by atoms with Gasteiger partial charge < -0.3 is 10.0 Å². The van der Waals surface area contributed by atoms with E-state index in [0.717, 1.165) is 23.6 Å². The van der Waals surface area contributed by atoms with Crippen LogP contribution in [0.2, 0.25) is 0 Å². The fourth-order valence-corrected chi connectivity index (χ4v) is 4.45. The summed E-state index contributed by atoms with van der Waals surface area (Å²) in [4.78, 5) is 3.62. The van der Waals surface area contributed by atoms with Gasteiger partial charge >= 0.3 is 0 Å². The van der Waals surface area contributed by atoms with Gasteiger partial charge in [0.25, 0.3) is 0 Å². The topological polar surface area (TPSA) is 23.5 Å². The number of hydrogen-bond donors (Lipinski definition) is 1. The van der Waals surface area contributed by atoms with Crippen LogP contribution in [0.1, 0.15) is 43.6 Å². The van der Waals surface area contributed by atoms with Gasteiger partial charge in [0.2, 0.25) is 0 Å². The highest BCUT2D eigenvalue weighted by molar-refractivity contribution is 8.01. The third-order valence-electron chi connectivity index (χ3n) is 3.38. The molecule has 1 N–H and O–H groups in total. The second-order valence-electron chi connectivity index (χ2n) is 4.80. The summed E-state index contributed by atoms with van der Waals surface area (Å²) in [7, 11) is 0. The van der Waals surface area contributed by atoms with Gasteiger partial charge in [0, 0.05) is 11.4 Å². The first kappa shape index (κ1) is 14.4. The van der Waals surface area contributed by atoms with Gasteiger partial charge in [-0.3, -0.25) is 0 Å². The van der Waals surface area contributed by atoms with Crippen LogP contribution in [0.3, 0.4) is 0 Å². The maximum Gasteiger partial charge on any atom is 0.0894 e. The molecule has 1 aromatic rings. The van der Waals surface area contributed by atoms with Crippen LogP contribution in [0, 0.1) is 0 Å². The lowest BCUT2D eigenvalue weighted by molar-refractivity contribution is 0.136. The number of nitrogens with zero attached hydrogens (tertiary/aromatic N) is 1. The first-order valence-electron chi connectivity index (χ1n) is 6.92. The highest BCUT2D eigenvalue weighted by Gasteiger charge is 2.14. The Morgan fingerprint density at radius 1 is 1.33 bits per heavy atom. The molecular weight excluding hydrogens is 262 g/mol. The van der Waals surface area contributed by atoms with Gasteiger partial charge in [-0.2, -0.15) is 0 Å². The Hall–Kier alpha value is -0.0300. The summed E-state index contributed by atoms with van der Waals surface area (Å²) < 4.78 is 1.32. The molecule has 1 atom stereocenters. The molecule has 2 rings (SSSR count). The summed E-state index contributed by atoms with van der Waals surface area (Å²) in [6, 6.07) is 4.22. The molecule has 0 spiro atoms. The minimum Gasteiger partial charge on any atom is -0.388 e. The van der Waals surface area contributed by atoms with Crippen molar-refractivity contribution >= 4 is 23.1 Å². The number of piperidine rings is 1. The molecule has 0 aromatic carbocycles. The lowest BCUT2D eigenvalue weighted by Gasteiger charge is -2.27. The Balaban J connectivity index is 1.77. The average Bonchev–Trinajstić information content (AvgIpc) is 2.86. The maximum atomic E-state index is 10.2. The van der Waals surface area contributed by atoms with Crippen molar-refractivity contribution in [3.8, 4) is 0 Å². The number of thiophene rings is 1. The second kappa shape index (κ2) is 7.53. The number of aliphatic hydroxyl groups is 1. The zero-order valence-electron chi connectivity index (χ0n) is 11.1. The molecule has 102 valence electrons. The van der Waals surface area contributed by atoms with E-state index < -0.39 is 0 Å². The van der Waals surface area contributed by atoms with Gasteiger partial charge in [0.05, 0.1) is 10.3 Å². The second-order valence-corrected chi connectivity index (χ2v) is 7.48. The number of aliphatic hydroxyl groups excluding tert-OH is 1. The Morgan fingerprint density at radius 3 is 2.83 bits per heavy atom. The van der Waals surface area contributed by atoms with Crippen molar-refractivity contribution in [1.82, 2.24) is 4.90 Å². The van der Waals surface area contributed by atoms with Gasteiger partial charge in [-0.15, -0.1) is 23.1 Å². The summed E-state index contributed by atoms with van der Waals surface area (Å²) >= 11 is 3.60. The number of rotatable bonds is 6. The minimum absolute atomic E-state index is 0.275. The molecule has 0 bridgehead atoms. The fourth-order valence-electron chi connectivity index (χ4n) is 2.36. The van der Waals surface area contributed by atoms with Crippen LogP contribution in [0.25, 0.3) is 0 Å². The molecule has 1 fully saturated rings. The van der Waals surface area contributed by atoms with Crippen LogP contribution in [-0.4, -0.2) is 35.4 Å². The molecule has 4 heteroatoms. The largest absolute Gasteiger partial charge is 0.388 e. The number of thioether (sulfide) groups is 1. The third-order valence-corrected chi connectivity index (χ3v) is 5.68. The standard InChI is InChI=1S/C14H23NOS2/c1-2-17-14-7-6-13(18-14)12(16)8-11-15-9-4-3-5-10-15/h6-7,12,16H,2-5,8-11H2,1H3. The van der Waals surface area contributed by atoms with E-state index in [2.05, 4.69) is 24.0 Å². The molecule has 1 saturated heterocycles. The van der Waals surface area contributed by atoms with E-state index in [-0.39, 0.29) is 6.10 Å². The highest BCUT2D eigenvalue weighted by Crippen LogP contribution is 2.32. The molecule has 1 unspecified atom stereocenters. The monoisotopic (exact) mass is 285 g/mol. The van der Waals surface area contributed by atoms with E-state index in [0.29, 0.717) is 0 Å². The van der Waals surface area contributed by atoms with Crippen LogP contribution in [0.15, 0.2) is 16.3 Å². The van der Waals surface area contributed by atoms with Crippen molar-refractivity contribution in [1.29, 1.82) is 0 Å². The van der Waals surface area contributed by atoms with Gasteiger partial charge in [0.15, 0.2) is 0 Å². The molecule has 0 aliphatic carbocycles. The van der Waals surface area contributed by atoms with Crippen molar-refractivity contribution in [2.45, 2.75) is 42.9 Å². The first-order valence-corrected chi connectivity index (χ1v) is 8.72. The first-order chi connectivity index (χ1) is 8.79. The molecule has 0 amide bonds. The normalized spacial score (nSPS) is 19.0. The van der Waals surface area contributed by atoms with E-state index in [9.17, 15) is 5.11 Å². The lowest BCUT2D eigenvalue weighted by atomic mass is 10.1. The minimum atomic E-state index is -0.275. The van der Waals surface area contributed by atoms with Crippen molar-refractivity contribution < 1.29 is 5.11 Å². The quantitative estimate of drug-likeness (QED) is 0.805. The third kappa shape index (κ3) is 4.26. The summed E-state index contributed by atoms with van der Waals surface area (Å²) in [5.74, 6) is 1.10. The number of hydrogen-bond acceptors (Lipinski definition) is 4. The molecule has 2 heterocycles. The Morgan fingerprint density at radius 2 is 2.11 bits per heavy atom. The van der Waals surface area contributed by atoms with Crippen molar-refractivity contribution in [2.75, 3.05) is 25.4 Å². The fraction of sp³-hybridized carbons (Fsp3) is 0.714. The Labute approximate surface area is 118 Å². The summed E-state index contributed by atoms with van der Waals surface area (Å²) in [6.45, 7) is 5.63. The van der Waals surface area contributed by atoms with Gasteiger partial charge in [0.1, 0.15) is 0 Å². The zero-order valence-corrected chi connectivity index (χ0v) is 12.7.